The van der Waals surface area contributed by atoms with E-state index in [9.17, 15) is 4.79 Å². The van der Waals surface area contributed by atoms with Gasteiger partial charge in [0.15, 0.2) is 5.79 Å². The minimum atomic E-state index is -0.684. The summed E-state index contributed by atoms with van der Waals surface area (Å²) in [4.78, 5) is 10.5. The molecule has 0 aromatic carbocycles. The SMILES string of the molecule is CCCCCCCCC1OC(C)(C)OC1CCCCCCCC(=O)O. The molecule has 4 heteroatoms. The van der Waals surface area contributed by atoms with Crippen LogP contribution in [0.4, 0.5) is 0 Å². The first kappa shape index (κ1) is 22.4. The summed E-state index contributed by atoms with van der Waals surface area (Å²) >= 11 is 0. The number of ether oxygens (including phenoxy) is 2. The smallest absolute Gasteiger partial charge is 0.303 e. The van der Waals surface area contributed by atoms with Gasteiger partial charge in [0, 0.05) is 6.42 Å². The fourth-order valence-corrected chi connectivity index (χ4v) is 3.68. The molecule has 2 atom stereocenters. The predicted octanol–water partition coefficient (Wildman–Crippen LogP) is 6.07. The third-order valence-electron chi connectivity index (χ3n) is 5.01. The molecule has 0 saturated carbocycles. The van der Waals surface area contributed by atoms with Crippen molar-refractivity contribution in [1.82, 2.24) is 0 Å². The van der Waals surface area contributed by atoms with Crippen molar-refractivity contribution < 1.29 is 19.4 Å². The van der Waals surface area contributed by atoms with Crippen LogP contribution in [0.2, 0.25) is 0 Å². The highest BCUT2D eigenvalue weighted by Gasteiger charge is 2.40. The molecule has 1 saturated heterocycles. The van der Waals surface area contributed by atoms with Crippen molar-refractivity contribution in [2.45, 2.75) is 129 Å². The highest BCUT2D eigenvalue weighted by molar-refractivity contribution is 5.66. The Kier molecular flexibility index (Phi) is 11.4. The van der Waals surface area contributed by atoms with Crippen LogP contribution in [0.5, 0.6) is 0 Å². The lowest BCUT2D eigenvalue weighted by atomic mass is 9.99. The molecule has 0 aliphatic carbocycles. The molecule has 0 bridgehead atoms. The first-order valence-corrected chi connectivity index (χ1v) is 10.5. The molecule has 1 N–H and O–H groups in total. The summed E-state index contributed by atoms with van der Waals surface area (Å²) < 4.78 is 12.2. The van der Waals surface area contributed by atoms with Gasteiger partial charge in [-0.15, -0.1) is 0 Å². The summed E-state index contributed by atoms with van der Waals surface area (Å²) in [6.07, 6.45) is 16.1. The Morgan fingerprint density at radius 3 is 1.72 bits per heavy atom. The van der Waals surface area contributed by atoms with Gasteiger partial charge < -0.3 is 14.6 Å². The molecule has 0 spiro atoms. The first-order chi connectivity index (χ1) is 11.9. The van der Waals surface area contributed by atoms with Gasteiger partial charge in [-0.2, -0.15) is 0 Å². The van der Waals surface area contributed by atoms with Crippen molar-refractivity contribution in [3.63, 3.8) is 0 Å². The molecule has 148 valence electrons. The molecule has 0 aromatic rings. The van der Waals surface area contributed by atoms with E-state index in [0.29, 0.717) is 6.42 Å². The van der Waals surface area contributed by atoms with E-state index in [4.69, 9.17) is 14.6 Å². The molecule has 1 heterocycles. The van der Waals surface area contributed by atoms with Crippen LogP contribution in [-0.4, -0.2) is 29.1 Å². The number of hydrogen-bond acceptors (Lipinski definition) is 3. The number of carboxylic acid groups (broad SMARTS) is 1. The fourth-order valence-electron chi connectivity index (χ4n) is 3.68. The lowest BCUT2D eigenvalue weighted by Crippen LogP contribution is -2.22. The van der Waals surface area contributed by atoms with Crippen LogP contribution in [0.1, 0.15) is 111 Å². The number of carbonyl (C=O) groups is 1. The summed E-state index contributed by atoms with van der Waals surface area (Å²) in [6.45, 7) is 6.29. The third kappa shape index (κ3) is 10.9. The van der Waals surface area contributed by atoms with Crippen molar-refractivity contribution in [3.8, 4) is 0 Å². The van der Waals surface area contributed by atoms with Crippen LogP contribution in [0.25, 0.3) is 0 Å². The van der Waals surface area contributed by atoms with Crippen LogP contribution >= 0.6 is 0 Å². The maximum absolute atomic E-state index is 10.5. The Bertz CT molecular complexity index is 354. The lowest BCUT2D eigenvalue weighted by Gasteiger charge is -2.16. The van der Waals surface area contributed by atoms with E-state index in [1.807, 2.05) is 13.8 Å². The minimum Gasteiger partial charge on any atom is -0.481 e. The topological polar surface area (TPSA) is 55.8 Å². The zero-order valence-electron chi connectivity index (χ0n) is 16.7. The second-order valence-corrected chi connectivity index (χ2v) is 7.97. The molecule has 4 nitrogen and oxygen atoms in total. The largest absolute Gasteiger partial charge is 0.481 e. The average Bonchev–Trinajstić information content (AvgIpc) is 2.83. The molecular formula is C21H40O4. The number of rotatable bonds is 15. The van der Waals surface area contributed by atoms with Crippen molar-refractivity contribution >= 4 is 5.97 Å². The molecule has 2 unspecified atom stereocenters. The number of hydrogen-bond donors (Lipinski definition) is 1. The fraction of sp³-hybridized carbons (Fsp3) is 0.952. The van der Waals surface area contributed by atoms with Crippen molar-refractivity contribution in [2.75, 3.05) is 0 Å². The summed E-state index contributed by atoms with van der Waals surface area (Å²) in [5, 5.41) is 8.64. The van der Waals surface area contributed by atoms with E-state index in [-0.39, 0.29) is 12.2 Å². The Balaban J connectivity index is 2.15. The highest BCUT2D eigenvalue weighted by Crippen LogP contribution is 2.33. The maximum atomic E-state index is 10.5. The highest BCUT2D eigenvalue weighted by atomic mass is 16.7. The van der Waals surface area contributed by atoms with E-state index in [1.54, 1.807) is 0 Å². The maximum Gasteiger partial charge on any atom is 0.303 e. The molecule has 0 aromatic heterocycles. The molecule has 1 rings (SSSR count). The molecule has 1 aliphatic rings. The Morgan fingerprint density at radius 1 is 0.800 bits per heavy atom. The molecule has 0 amide bonds. The van der Waals surface area contributed by atoms with E-state index < -0.39 is 11.8 Å². The van der Waals surface area contributed by atoms with Crippen LogP contribution in [-0.2, 0) is 14.3 Å². The standard InChI is InChI=1S/C21H40O4/c1-4-5-6-7-9-12-15-18-19(25-21(2,3)24-18)16-13-10-8-11-14-17-20(22)23/h18-19H,4-17H2,1-3H3,(H,22,23). The third-order valence-corrected chi connectivity index (χ3v) is 5.01. The summed E-state index contributed by atoms with van der Waals surface area (Å²) in [5.41, 5.74) is 0. The van der Waals surface area contributed by atoms with Gasteiger partial charge in [0.05, 0.1) is 12.2 Å². The Labute approximate surface area is 154 Å². The van der Waals surface area contributed by atoms with Gasteiger partial charge in [-0.05, 0) is 33.1 Å². The van der Waals surface area contributed by atoms with Gasteiger partial charge in [0.2, 0.25) is 0 Å². The van der Waals surface area contributed by atoms with Crippen LogP contribution in [0.3, 0.4) is 0 Å². The summed E-state index contributed by atoms with van der Waals surface area (Å²) in [5.74, 6) is -1.13. The molecule has 1 fully saturated rings. The molecule has 25 heavy (non-hydrogen) atoms. The summed E-state index contributed by atoms with van der Waals surface area (Å²) in [6, 6.07) is 0. The number of carboxylic acids is 1. The predicted molar refractivity (Wildman–Crippen MR) is 102 cm³/mol. The van der Waals surface area contributed by atoms with Gasteiger partial charge >= 0.3 is 5.97 Å². The van der Waals surface area contributed by atoms with E-state index in [2.05, 4.69) is 6.92 Å². The van der Waals surface area contributed by atoms with Gasteiger partial charge in [-0.3, -0.25) is 4.79 Å². The van der Waals surface area contributed by atoms with Crippen LogP contribution in [0, 0.1) is 0 Å². The van der Waals surface area contributed by atoms with E-state index in [1.165, 1.54) is 38.5 Å². The van der Waals surface area contributed by atoms with Gasteiger partial charge in [-0.25, -0.2) is 0 Å². The average molecular weight is 357 g/mol. The molecular weight excluding hydrogens is 316 g/mol. The van der Waals surface area contributed by atoms with Gasteiger partial charge in [-0.1, -0.05) is 71.1 Å². The quantitative estimate of drug-likeness (QED) is 0.362. The van der Waals surface area contributed by atoms with E-state index >= 15 is 0 Å². The summed E-state index contributed by atoms with van der Waals surface area (Å²) in [7, 11) is 0. The monoisotopic (exact) mass is 356 g/mol. The second-order valence-electron chi connectivity index (χ2n) is 7.97. The number of aliphatic carboxylic acids is 1. The van der Waals surface area contributed by atoms with Crippen molar-refractivity contribution in [2.24, 2.45) is 0 Å². The molecule has 1 aliphatic heterocycles. The van der Waals surface area contributed by atoms with Crippen molar-refractivity contribution in [1.29, 1.82) is 0 Å². The van der Waals surface area contributed by atoms with Crippen molar-refractivity contribution in [3.05, 3.63) is 0 Å². The zero-order valence-corrected chi connectivity index (χ0v) is 16.7. The van der Waals surface area contributed by atoms with Crippen LogP contribution in [0.15, 0.2) is 0 Å². The van der Waals surface area contributed by atoms with Gasteiger partial charge in [0.1, 0.15) is 0 Å². The lowest BCUT2D eigenvalue weighted by molar-refractivity contribution is -0.147. The normalized spacial score (nSPS) is 22.4. The van der Waals surface area contributed by atoms with Crippen LogP contribution < -0.4 is 0 Å². The molecule has 0 radical (unpaired) electrons. The Morgan fingerprint density at radius 2 is 1.24 bits per heavy atom. The zero-order chi connectivity index (χ0) is 18.5. The number of unbranched alkanes of at least 4 members (excludes halogenated alkanes) is 9. The second kappa shape index (κ2) is 12.7. The minimum absolute atomic E-state index is 0.227. The first-order valence-electron chi connectivity index (χ1n) is 10.5. The van der Waals surface area contributed by atoms with Gasteiger partial charge in [0.25, 0.3) is 0 Å². The van der Waals surface area contributed by atoms with E-state index in [0.717, 1.165) is 44.9 Å². The Hall–Kier alpha value is -0.610.